The fourth-order valence-electron chi connectivity index (χ4n) is 2.60. The Morgan fingerprint density at radius 1 is 1.22 bits per heavy atom. The molecular weight excluding hydrogens is 372 g/mol. The molecule has 1 aromatic carbocycles. The van der Waals surface area contributed by atoms with E-state index in [1.54, 1.807) is 13.0 Å². The summed E-state index contributed by atoms with van der Waals surface area (Å²) < 4.78 is 37.3. The van der Waals surface area contributed by atoms with Crippen LogP contribution >= 0.6 is 0 Å². The highest BCUT2D eigenvalue weighted by atomic mass is 32.2. The highest BCUT2D eigenvalue weighted by Crippen LogP contribution is 2.22. The van der Waals surface area contributed by atoms with Crippen LogP contribution in [-0.2, 0) is 24.3 Å². The van der Waals surface area contributed by atoms with E-state index in [0.29, 0.717) is 18.8 Å². The maximum Gasteiger partial charge on any atom is 0.338 e. The Labute approximate surface area is 159 Å². The van der Waals surface area contributed by atoms with Gasteiger partial charge in [0.1, 0.15) is 0 Å². The lowest BCUT2D eigenvalue weighted by Crippen LogP contribution is -2.42. The van der Waals surface area contributed by atoms with Gasteiger partial charge in [0.2, 0.25) is 10.0 Å². The molecule has 1 aliphatic heterocycles. The zero-order chi connectivity index (χ0) is 20.2. The van der Waals surface area contributed by atoms with Gasteiger partial charge in [-0.2, -0.15) is 4.31 Å². The fourth-order valence-corrected chi connectivity index (χ4v) is 4.26. The second kappa shape index (κ2) is 8.37. The summed E-state index contributed by atoms with van der Waals surface area (Å²) in [7, 11) is -3.74. The highest BCUT2D eigenvalue weighted by molar-refractivity contribution is 7.89. The molecule has 1 N–H and O–H groups in total. The van der Waals surface area contributed by atoms with Crippen molar-refractivity contribution in [3.63, 3.8) is 0 Å². The van der Waals surface area contributed by atoms with Crippen molar-refractivity contribution in [3.05, 3.63) is 29.3 Å². The first-order chi connectivity index (χ1) is 12.5. The summed E-state index contributed by atoms with van der Waals surface area (Å²) >= 11 is 0. The normalized spacial score (nSPS) is 16.0. The van der Waals surface area contributed by atoms with Crippen LogP contribution in [-0.4, -0.2) is 63.0 Å². The van der Waals surface area contributed by atoms with Gasteiger partial charge in [-0.15, -0.1) is 0 Å². The van der Waals surface area contributed by atoms with Gasteiger partial charge in [0.05, 0.1) is 23.7 Å². The third kappa shape index (κ3) is 5.75. The summed E-state index contributed by atoms with van der Waals surface area (Å²) in [6.07, 6.45) is 0. The topological polar surface area (TPSA) is 102 Å². The summed E-state index contributed by atoms with van der Waals surface area (Å²) in [5.74, 6) is -1.18. The Balaban J connectivity index is 2.14. The van der Waals surface area contributed by atoms with E-state index < -0.39 is 34.0 Å². The van der Waals surface area contributed by atoms with E-state index in [0.717, 1.165) is 0 Å². The summed E-state index contributed by atoms with van der Waals surface area (Å²) in [5, 5.41) is 2.68. The smallest absolute Gasteiger partial charge is 0.338 e. The number of amides is 1. The Bertz CT molecular complexity index is 808. The molecule has 0 saturated carbocycles. The van der Waals surface area contributed by atoms with E-state index >= 15 is 0 Å². The first-order valence-electron chi connectivity index (χ1n) is 8.67. The Hall–Kier alpha value is -1.97. The summed E-state index contributed by atoms with van der Waals surface area (Å²) in [6.45, 7) is 7.88. The van der Waals surface area contributed by atoms with Crippen LogP contribution in [0, 0.1) is 6.92 Å². The Morgan fingerprint density at radius 2 is 1.85 bits per heavy atom. The number of rotatable bonds is 5. The highest BCUT2D eigenvalue weighted by Gasteiger charge is 2.28. The zero-order valence-corrected chi connectivity index (χ0v) is 16.9. The van der Waals surface area contributed by atoms with Gasteiger partial charge in [-0.25, -0.2) is 13.2 Å². The number of morpholine rings is 1. The van der Waals surface area contributed by atoms with E-state index in [2.05, 4.69) is 5.32 Å². The molecule has 2 rings (SSSR count). The number of nitrogens with one attached hydrogen (secondary N) is 1. The Kier molecular flexibility index (Phi) is 6.61. The second-order valence-corrected chi connectivity index (χ2v) is 9.28. The molecular formula is C18H26N2O6S. The molecule has 0 aliphatic carbocycles. The van der Waals surface area contributed by atoms with Crippen molar-refractivity contribution in [2.45, 2.75) is 38.1 Å². The fraction of sp³-hybridized carbons (Fsp3) is 0.556. The van der Waals surface area contributed by atoms with E-state index in [4.69, 9.17) is 9.47 Å². The average Bonchev–Trinajstić information content (AvgIpc) is 2.59. The minimum absolute atomic E-state index is 0.0537. The lowest BCUT2D eigenvalue weighted by atomic mass is 10.1. The van der Waals surface area contributed by atoms with Crippen LogP contribution in [0.25, 0.3) is 0 Å². The number of carbonyl (C=O) groups is 2. The van der Waals surface area contributed by atoms with Gasteiger partial charge >= 0.3 is 5.97 Å². The van der Waals surface area contributed by atoms with Crippen LogP contribution < -0.4 is 5.32 Å². The van der Waals surface area contributed by atoms with Gasteiger partial charge in [0, 0.05) is 18.6 Å². The number of carbonyl (C=O) groups excluding carboxylic acids is 2. The van der Waals surface area contributed by atoms with Crippen molar-refractivity contribution in [3.8, 4) is 0 Å². The molecule has 1 amide bonds. The van der Waals surface area contributed by atoms with Crippen LogP contribution in [0.2, 0.25) is 0 Å². The first-order valence-corrected chi connectivity index (χ1v) is 10.1. The van der Waals surface area contributed by atoms with Crippen LogP contribution in [0.3, 0.4) is 0 Å². The molecule has 0 bridgehead atoms. The molecule has 150 valence electrons. The van der Waals surface area contributed by atoms with E-state index in [1.807, 2.05) is 20.8 Å². The van der Waals surface area contributed by atoms with Crippen molar-refractivity contribution < 1.29 is 27.5 Å². The number of aryl methyl sites for hydroxylation is 1. The Morgan fingerprint density at radius 3 is 2.44 bits per heavy atom. The number of ether oxygens (including phenoxy) is 2. The van der Waals surface area contributed by atoms with Gasteiger partial charge in [-0.05, 0) is 45.4 Å². The van der Waals surface area contributed by atoms with Crippen LogP contribution in [0.15, 0.2) is 23.1 Å². The summed E-state index contributed by atoms with van der Waals surface area (Å²) in [5.41, 5.74) is 0.173. The number of esters is 1. The largest absolute Gasteiger partial charge is 0.452 e. The molecule has 0 atom stereocenters. The minimum Gasteiger partial charge on any atom is -0.452 e. The molecule has 8 nitrogen and oxygen atoms in total. The van der Waals surface area contributed by atoms with Gasteiger partial charge in [0.25, 0.3) is 5.91 Å². The third-order valence-corrected chi connectivity index (χ3v) is 5.90. The molecule has 0 aromatic heterocycles. The monoisotopic (exact) mass is 398 g/mol. The molecule has 0 spiro atoms. The quantitative estimate of drug-likeness (QED) is 0.745. The van der Waals surface area contributed by atoms with Crippen molar-refractivity contribution in [1.29, 1.82) is 0 Å². The number of sulfonamides is 1. The zero-order valence-electron chi connectivity index (χ0n) is 16.1. The minimum atomic E-state index is -3.74. The number of nitrogens with zero attached hydrogens (tertiary/aromatic N) is 1. The lowest BCUT2D eigenvalue weighted by molar-refractivity contribution is -0.125. The van der Waals surface area contributed by atoms with E-state index in [-0.39, 0.29) is 23.5 Å². The molecule has 1 aromatic rings. The molecule has 0 radical (unpaired) electrons. The van der Waals surface area contributed by atoms with Crippen molar-refractivity contribution in [2.75, 3.05) is 32.9 Å². The molecule has 1 saturated heterocycles. The standard InChI is InChI=1S/C18H26N2O6S/c1-13-5-6-14(17(22)26-12-16(21)19-18(2,3)4)11-15(13)27(23,24)20-7-9-25-10-8-20/h5-6,11H,7-10,12H2,1-4H3,(H,19,21). The maximum atomic E-state index is 12.9. The number of hydrogen-bond acceptors (Lipinski definition) is 6. The van der Waals surface area contributed by atoms with Gasteiger partial charge in [-0.1, -0.05) is 6.07 Å². The maximum absolute atomic E-state index is 12.9. The van der Waals surface area contributed by atoms with E-state index in [1.165, 1.54) is 16.4 Å². The molecule has 27 heavy (non-hydrogen) atoms. The average molecular weight is 398 g/mol. The molecule has 1 fully saturated rings. The van der Waals surface area contributed by atoms with Crippen molar-refractivity contribution in [2.24, 2.45) is 0 Å². The van der Waals surface area contributed by atoms with Gasteiger partial charge in [0.15, 0.2) is 6.61 Å². The molecule has 0 unspecified atom stereocenters. The lowest BCUT2D eigenvalue weighted by Gasteiger charge is -2.26. The molecule has 1 aliphatic rings. The molecule has 9 heteroatoms. The van der Waals surface area contributed by atoms with Gasteiger partial charge < -0.3 is 14.8 Å². The van der Waals surface area contributed by atoms with Crippen LogP contribution in [0.5, 0.6) is 0 Å². The van der Waals surface area contributed by atoms with Crippen LogP contribution in [0.4, 0.5) is 0 Å². The third-order valence-electron chi connectivity index (χ3n) is 3.86. The SMILES string of the molecule is Cc1ccc(C(=O)OCC(=O)NC(C)(C)C)cc1S(=O)(=O)N1CCOCC1. The summed E-state index contributed by atoms with van der Waals surface area (Å²) in [4.78, 5) is 24.1. The van der Waals surface area contributed by atoms with Gasteiger partial charge in [-0.3, -0.25) is 4.79 Å². The van der Waals surface area contributed by atoms with Crippen LogP contribution in [0.1, 0.15) is 36.7 Å². The molecule has 1 heterocycles. The number of hydrogen-bond donors (Lipinski definition) is 1. The van der Waals surface area contributed by atoms with Crippen molar-refractivity contribution in [1.82, 2.24) is 9.62 Å². The first kappa shape index (κ1) is 21.3. The number of benzene rings is 1. The summed E-state index contributed by atoms with van der Waals surface area (Å²) in [6, 6.07) is 4.33. The van der Waals surface area contributed by atoms with Crippen molar-refractivity contribution >= 4 is 21.9 Å². The second-order valence-electron chi connectivity index (χ2n) is 7.37. The predicted molar refractivity (Wildman–Crippen MR) is 98.9 cm³/mol. The predicted octanol–water partition coefficient (Wildman–Crippen LogP) is 1.09. The van der Waals surface area contributed by atoms with E-state index in [9.17, 15) is 18.0 Å².